The van der Waals surface area contributed by atoms with Crippen molar-refractivity contribution < 1.29 is 9.32 Å². The molecule has 1 aromatic heterocycles. The number of hydrogen-bond acceptors (Lipinski definition) is 5. The van der Waals surface area contributed by atoms with Crippen LogP contribution in [-0.2, 0) is 5.75 Å². The first-order chi connectivity index (χ1) is 12.7. The monoisotopic (exact) mass is 373 g/mol. The van der Waals surface area contributed by atoms with Gasteiger partial charge in [-0.25, -0.2) is 0 Å². The SMILES string of the molecule is CCCN1CCC(NC(=O)c2ccccc2SCc2cc(C)no2)CC1. The summed E-state index contributed by atoms with van der Waals surface area (Å²) < 4.78 is 5.26. The summed E-state index contributed by atoms with van der Waals surface area (Å²) in [7, 11) is 0. The minimum atomic E-state index is 0.0239. The summed E-state index contributed by atoms with van der Waals surface area (Å²) in [5, 5.41) is 7.14. The lowest BCUT2D eigenvalue weighted by Gasteiger charge is -2.32. The Bertz CT molecular complexity index is 723. The molecule has 1 aliphatic heterocycles. The van der Waals surface area contributed by atoms with Crippen LogP contribution in [0.2, 0.25) is 0 Å². The fourth-order valence-electron chi connectivity index (χ4n) is 3.29. The molecule has 6 heteroatoms. The van der Waals surface area contributed by atoms with E-state index in [9.17, 15) is 4.79 Å². The van der Waals surface area contributed by atoms with E-state index in [0.717, 1.165) is 54.4 Å². The molecule has 0 radical (unpaired) electrons. The van der Waals surface area contributed by atoms with Crippen LogP contribution < -0.4 is 5.32 Å². The lowest BCUT2D eigenvalue weighted by molar-refractivity contribution is 0.0908. The van der Waals surface area contributed by atoms with Gasteiger partial charge in [0.15, 0.2) is 0 Å². The van der Waals surface area contributed by atoms with Crippen molar-refractivity contribution >= 4 is 17.7 Å². The Hall–Kier alpha value is -1.79. The largest absolute Gasteiger partial charge is 0.360 e. The van der Waals surface area contributed by atoms with Gasteiger partial charge in [0.1, 0.15) is 5.76 Å². The molecule has 1 aliphatic rings. The second-order valence-corrected chi connectivity index (χ2v) is 7.83. The number of carbonyl (C=O) groups excluding carboxylic acids is 1. The molecule has 0 saturated carbocycles. The predicted molar refractivity (Wildman–Crippen MR) is 104 cm³/mol. The van der Waals surface area contributed by atoms with Crippen molar-refractivity contribution in [3.63, 3.8) is 0 Å². The molecular formula is C20H27N3O2S. The number of aromatic nitrogens is 1. The molecule has 2 heterocycles. The van der Waals surface area contributed by atoms with E-state index in [1.54, 1.807) is 11.8 Å². The van der Waals surface area contributed by atoms with E-state index < -0.39 is 0 Å². The summed E-state index contributed by atoms with van der Waals surface area (Å²) >= 11 is 1.61. The minimum Gasteiger partial charge on any atom is -0.360 e. The highest BCUT2D eigenvalue weighted by Gasteiger charge is 2.21. The maximum atomic E-state index is 12.8. The van der Waals surface area contributed by atoms with Crippen LogP contribution in [0.1, 0.15) is 48.0 Å². The molecule has 1 amide bonds. The van der Waals surface area contributed by atoms with Crippen LogP contribution in [0.5, 0.6) is 0 Å². The summed E-state index contributed by atoms with van der Waals surface area (Å²) in [6.45, 7) is 7.41. The van der Waals surface area contributed by atoms with Gasteiger partial charge in [0, 0.05) is 30.1 Å². The molecule has 1 saturated heterocycles. The lowest BCUT2D eigenvalue weighted by atomic mass is 10.0. The van der Waals surface area contributed by atoms with Crippen LogP contribution >= 0.6 is 11.8 Å². The zero-order valence-corrected chi connectivity index (χ0v) is 16.3. The highest BCUT2D eigenvalue weighted by atomic mass is 32.2. The van der Waals surface area contributed by atoms with E-state index in [1.165, 1.54) is 6.42 Å². The number of aryl methyl sites for hydroxylation is 1. The Morgan fingerprint density at radius 1 is 1.35 bits per heavy atom. The summed E-state index contributed by atoms with van der Waals surface area (Å²) in [6, 6.07) is 9.97. The van der Waals surface area contributed by atoms with Gasteiger partial charge in [-0.1, -0.05) is 24.2 Å². The highest BCUT2D eigenvalue weighted by Crippen LogP contribution is 2.27. The molecule has 1 fully saturated rings. The summed E-state index contributed by atoms with van der Waals surface area (Å²) in [4.78, 5) is 16.2. The van der Waals surface area contributed by atoms with Gasteiger partial charge in [0.05, 0.1) is 17.0 Å². The van der Waals surface area contributed by atoms with Crippen LogP contribution in [0.15, 0.2) is 39.8 Å². The molecule has 0 unspecified atom stereocenters. The Labute approximate surface area is 159 Å². The number of hydrogen-bond donors (Lipinski definition) is 1. The first-order valence-corrected chi connectivity index (χ1v) is 10.3. The number of likely N-dealkylation sites (tertiary alicyclic amines) is 1. The van der Waals surface area contributed by atoms with Crippen molar-refractivity contribution in [2.45, 2.75) is 49.8 Å². The normalized spacial score (nSPS) is 15.9. The van der Waals surface area contributed by atoms with Gasteiger partial charge in [0.25, 0.3) is 5.91 Å². The van der Waals surface area contributed by atoms with E-state index in [2.05, 4.69) is 22.3 Å². The minimum absolute atomic E-state index is 0.0239. The van der Waals surface area contributed by atoms with Crippen molar-refractivity contribution in [2.24, 2.45) is 0 Å². The molecule has 2 aromatic rings. The molecule has 140 valence electrons. The van der Waals surface area contributed by atoms with Crippen LogP contribution in [-0.4, -0.2) is 41.6 Å². The standard InChI is InChI=1S/C20H27N3O2S/c1-3-10-23-11-8-16(9-12-23)21-20(24)18-6-4-5-7-19(18)26-14-17-13-15(2)22-25-17/h4-7,13,16H,3,8-12,14H2,1-2H3,(H,21,24). The van der Waals surface area contributed by atoms with Crippen molar-refractivity contribution in [3.8, 4) is 0 Å². The third-order valence-electron chi connectivity index (χ3n) is 4.64. The van der Waals surface area contributed by atoms with E-state index in [4.69, 9.17) is 4.52 Å². The van der Waals surface area contributed by atoms with Crippen molar-refractivity contribution in [1.82, 2.24) is 15.4 Å². The first kappa shape index (κ1) is 19.0. The zero-order valence-electron chi connectivity index (χ0n) is 15.5. The van der Waals surface area contributed by atoms with Crippen LogP contribution in [0.25, 0.3) is 0 Å². The quantitative estimate of drug-likeness (QED) is 0.747. The molecule has 0 spiro atoms. The maximum absolute atomic E-state index is 12.8. The molecule has 3 rings (SSSR count). The average Bonchev–Trinajstić information content (AvgIpc) is 3.07. The average molecular weight is 374 g/mol. The smallest absolute Gasteiger partial charge is 0.252 e. The number of carbonyl (C=O) groups is 1. The topological polar surface area (TPSA) is 58.4 Å². The summed E-state index contributed by atoms with van der Waals surface area (Å²) in [6.07, 6.45) is 3.24. The summed E-state index contributed by atoms with van der Waals surface area (Å²) in [5.74, 6) is 1.52. The molecule has 5 nitrogen and oxygen atoms in total. The van der Waals surface area contributed by atoms with Crippen molar-refractivity contribution in [2.75, 3.05) is 19.6 Å². The highest BCUT2D eigenvalue weighted by molar-refractivity contribution is 7.98. The van der Waals surface area contributed by atoms with Gasteiger partial charge in [-0.2, -0.15) is 0 Å². The predicted octanol–water partition coefficient (Wildman–Crippen LogP) is 3.88. The Morgan fingerprint density at radius 2 is 2.12 bits per heavy atom. The Morgan fingerprint density at radius 3 is 2.81 bits per heavy atom. The van der Waals surface area contributed by atoms with E-state index in [0.29, 0.717) is 5.75 Å². The molecule has 0 bridgehead atoms. The van der Waals surface area contributed by atoms with Crippen LogP contribution in [0.4, 0.5) is 0 Å². The van der Waals surface area contributed by atoms with Gasteiger partial charge in [0.2, 0.25) is 0 Å². The molecule has 0 aliphatic carbocycles. The van der Waals surface area contributed by atoms with Gasteiger partial charge in [-0.3, -0.25) is 4.79 Å². The van der Waals surface area contributed by atoms with Gasteiger partial charge >= 0.3 is 0 Å². The van der Waals surface area contributed by atoms with Gasteiger partial charge < -0.3 is 14.7 Å². The number of piperidine rings is 1. The van der Waals surface area contributed by atoms with Crippen LogP contribution in [0.3, 0.4) is 0 Å². The Kier molecular flexibility index (Phi) is 6.74. The lowest BCUT2D eigenvalue weighted by Crippen LogP contribution is -2.44. The Balaban J connectivity index is 1.57. The number of rotatable bonds is 7. The van der Waals surface area contributed by atoms with Gasteiger partial charge in [-0.05, 0) is 44.9 Å². The molecule has 0 atom stereocenters. The number of nitrogens with zero attached hydrogens (tertiary/aromatic N) is 2. The molecule has 1 N–H and O–H groups in total. The van der Waals surface area contributed by atoms with E-state index in [-0.39, 0.29) is 11.9 Å². The first-order valence-electron chi connectivity index (χ1n) is 9.33. The van der Waals surface area contributed by atoms with Crippen molar-refractivity contribution in [1.29, 1.82) is 0 Å². The summed E-state index contributed by atoms with van der Waals surface area (Å²) in [5.41, 5.74) is 1.62. The fraction of sp³-hybridized carbons (Fsp3) is 0.500. The zero-order chi connectivity index (χ0) is 18.4. The molecular weight excluding hydrogens is 346 g/mol. The second kappa shape index (κ2) is 9.24. The fourth-order valence-corrected chi connectivity index (χ4v) is 4.22. The molecule has 1 aromatic carbocycles. The maximum Gasteiger partial charge on any atom is 0.252 e. The third kappa shape index (κ3) is 5.11. The number of nitrogens with one attached hydrogen (secondary N) is 1. The second-order valence-electron chi connectivity index (χ2n) is 6.81. The van der Waals surface area contributed by atoms with E-state index >= 15 is 0 Å². The van der Waals surface area contributed by atoms with Crippen LogP contribution in [0, 0.1) is 6.92 Å². The van der Waals surface area contributed by atoms with E-state index in [1.807, 2.05) is 37.3 Å². The molecule has 26 heavy (non-hydrogen) atoms. The third-order valence-corrected chi connectivity index (χ3v) is 5.74. The number of thioether (sulfide) groups is 1. The van der Waals surface area contributed by atoms with Gasteiger partial charge in [-0.15, -0.1) is 11.8 Å². The van der Waals surface area contributed by atoms with Crippen molar-refractivity contribution in [3.05, 3.63) is 47.3 Å². The number of amides is 1. The number of benzene rings is 1.